The van der Waals surface area contributed by atoms with Crippen LogP contribution in [-0.4, -0.2) is 38.3 Å². The molecule has 0 aliphatic heterocycles. The predicted molar refractivity (Wildman–Crippen MR) is 116 cm³/mol. The SMILES string of the molecule is CN=C(NCc1cccc(OCc2ccccn2)c1)NCC1(CCOC)CCC1. The number of methoxy groups -OCH3 is 1. The zero-order chi connectivity index (χ0) is 20.4. The van der Waals surface area contributed by atoms with Crippen molar-refractivity contribution < 1.29 is 9.47 Å². The monoisotopic (exact) mass is 396 g/mol. The fourth-order valence-electron chi connectivity index (χ4n) is 3.57. The van der Waals surface area contributed by atoms with Crippen molar-refractivity contribution in [1.29, 1.82) is 0 Å². The van der Waals surface area contributed by atoms with Crippen LogP contribution < -0.4 is 15.4 Å². The first-order valence-corrected chi connectivity index (χ1v) is 10.3. The van der Waals surface area contributed by atoms with Crippen LogP contribution in [0.5, 0.6) is 5.75 Å². The maximum Gasteiger partial charge on any atom is 0.191 e. The molecule has 6 heteroatoms. The molecule has 1 aromatic heterocycles. The molecule has 0 radical (unpaired) electrons. The van der Waals surface area contributed by atoms with Gasteiger partial charge in [-0.3, -0.25) is 9.98 Å². The molecule has 29 heavy (non-hydrogen) atoms. The molecular formula is C23H32N4O2. The Kier molecular flexibility index (Phi) is 7.87. The highest BCUT2D eigenvalue weighted by molar-refractivity contribution is 5.79. The summed E-state index contributed by atoms with van der Waals surface area (Å²) in [6, 6.07) is 13.9. The van der Waals surface area contributed by atoms with Gasteiger partial charge in [-0.15, -0.1) is 0 Å². The first-order chi connectivity index (χ1) is 14.2. The highest BCUT2D eigenvalue weighted by atomic mass is 16.5. The number of benzene rings is 1. The van der Waals surface area contributed by atoms with Gasteiger partial charge in [0.15, 0.2) is 5.96 Å². The summed E-state index contributed by atoms with van der Waals surface area (Å²) in [5, 5.41) is 6.90. The van der Waals surface area contributed by atoms with Gasteiger partial charge >= 0.3 is 0 Å². The van der Waals surface area contributed by atoms with Crippen molar-refractivity contribution in [3.63, 3.8) is 0 Å². The lowest BCUT2D eigenvalue weighted by atomic mass is 9.67. The van der Waals surface area contributed by atoms with E-state index in [1.165, 1.54) is 19.3 Å². The molecule has 0 unspecified atom stereocenters. The van der Waals surface area contributed by atoms with E-state index in [-0.39, 0.29) is 0 Å². The summed E-state index contributed by atoms with van der Waals surface area (Å²) in [6.07, 6.45) is 6.71. The van der Waals surface area contributed by atoms with Crippen molar-refractivity contribution in [1.82, 2.24) is 15.6 Å². The van der Waals surface area contributed by atoms with Gasteiger partial charge in [-0.1, -0.05) is 24.6 Å². The van der Waals surface area contributed by atoms with Gasteiger partial charge in [0.1, 0.15) is 12.4 Å². The Bertz CT molecular complexity index is 775. The molecular weight excluding hydrogens is 364 g/mol. The lowest BCUT2D eigenvalue weighted by Crippen LogP contribution is -2.46. The third-order valence-corrected chi connectivity index (χ3v) is 5.58. The van der Waals surface area contributed by atoms with Crippen LogP contribution in [0.1, 0.15) is 36.9 Å². The van der Waals surface area contributed by atoms with Crippen LogP contribution in [0.2, 0.25) is 0 Å². The number of aliphatic imine (C=N–C) groups is 1. The van der Waals surface area contributed by atoms with E-state index in [0.717, 1.165) is 42.5 Å². The van der Waals surface area contributed by atoms with Crippen LogP contribution >= 0.6 is 0 Å². The quantitative estimate of drug-likeness (QED) is 0.475. The minimum absolute atomic E-state index is 0.354. The number of nitrogens with one attached hydrogen (secondary N) is 2. The van der Waals surface area contributed by atoms with Crippen LogP contribution in [-0.2, 0) is 17.9 Å². The lowest BCUT2D eigenvalue weighted by Gasteiger charge is -2.42. The Hall–Kier alpha value is -2.60. The smallest absolute Gasteiger partial charge is 0.191 e. The van der Waals surface area contributed by atoms with Crippen LogP contribution in [0.15, 0.2) is 53.7 Å². The minimum Gasteiger partial charge on any atom is -0.487 e. The molecule has 0 bridgehead atoms. The van der Waals surface area contributed by atoms with Crippen molar-refractivity contribution in [3.05, 3.63) is 59.9 Å². The van der Waals surface area contributed by atoms with Gasteiger partial charge in [0.25, 0.3) is 0 Å². The Labute approximate surface area is 173 Å². The number of pyridine rings is 1. The summed E-state index contributed by atoms with van der Waals surface area (Å²) in [5.74, 6) is 1.67. The molecule has 1 heterocycles. The topological polar surface area (TPSA) is 67.8 Å². The molecule has 0 atom stereocenters. The first kappa shape index (κ1) is 21.1. The molecule has 3 rings (SSSR count). The largest absolute Gasteiger partial charge is 0.487 e. The normalized spacial score (nSPS) is 15.4. The summed E-state index contributed by atoms with van der Waals surface area (Å²) in [6.45, 7) is 2.90. The van der Waals surface area contributed by atoms with E-state index in [2.05, 4.69) is 32.7 Å². The average Bonchev–Trinajstić information content (AvgIpc) is 2.74. The van der Waals surface area contributed by atoms with Crippen molar-refractivity contribution in [2.75, 3.05) is 27.3 Å². The highest BCUT2D eigenvalue weighted by Gasteiger charge is 2.36. The number of aromatic nitrogens is 1. The maximum atomic E-state index is 5.87. The third kappa shape index (κ3) is 6.46. The second-order valence-electron chi connectivity index (χ2n) is 7.63. The van der Waals surface area contributed by atoms with Gasteiger partial charge in [-0.25, -0.2) is 0 Å². The number of hydrogen-bond donors (Lipinski definition) is 2. The first-order valence-electron chi connectivity index (χ1n) is 10.3. The van der Waals surface area contributed by atoms with Gasteiger partial charge in [0.05, 0.1) is 5.69 Å². The van der Waals surface area contributed by atoms with Crippen molar-refractivity contribution in [2.24, 2.45) is 10.4 Å². The van der Waals surface area contributed by atoms with Gasteiger partial charge in [-0.05, 0) is 54.5 Å². The number of hydrogen-bond acceptors (Lipinski definition) is 4. The summed E-state index contributed by atoms with van der Waals surface area (Å²) in [7, 11) is 3.58. The molecule has 6 nitrogen and oxygen atoms in total. The molecule has 2 aromatic rings. The summed E-state index contributed by atoms with van der Waals surface area (Å²) in [5.41, 5.74) is 2.41. The van der Waals surface area contributed by atoms with Gasteiger partial charge in [-0.2, -0.15) is 0 Å². The van der Waals surface area contributed by atoms with E-state index in [1.54, 1.807) is 13.3 Å². The van der Waals surface area contributed by atoms with Gasteiger partial charge in [0, 0.05) is 40.1 Å². The van der Waals surface area contributed by atoms with E-state index in [9.17, 15) is 0 Å². The van der Waals surface area contributed by atoms with Gasteiger partial charge in [0.2, 0.25) is 0 Å². The van der Waals surface area contributed by atoms with Crippen LogP contribution in [0.25, 0.3) is 0 Å². The van der Waals surface area contributed by atoms with E-state index in [4.69, 9.17) is 9.47 Å². The highest BCUT2D eigenvalue weighted by Crippen LogP contribution is 2.43. The van der Waals surface area contributed by atoms with E-state index in [0.29, 0.717) is 18.6 Å². The molecule has 2 N–H and O–H groups in total. The van der Waals surface area contributed by atoms with Crippen LogP contribution in [0, 0.1) is 5.41 Å². The Balaban J connectivity index is 1.46. The molecule has 1 aliphatic rings. The molecule has 1 saturated carbocycles. The van der Waals surface area contributed by atoms with Crippen LogP contribution in [0.3, 0.4) is 0 Å². The second kappa shape index (κ2) is 10.8. The average molecular weight is 397 g/mol. The number of guanidine groups is 1. The zero-order valence-corrected chi connectivity index (χ0v) is 17.5. The lowest BCUT2D eigenvalue weighted by molar-refractivity contribution is 0.0732. The molecule has 1 aromatic carbocycles. The van der Waals surface area contributed by atoms with Crippen LogP contribution in [0.4, 0.5) is 0 Å². The standard InChI is InChI=1S/C23H32N4O2/c1-24-22(27-18-23(10-6-11-23)12-14-28-2)26-16-19-7-5-9-21(15-19)29-17-20-8-3-4-13-25-20/h3-5,7-9,13,15H,6,10-12,14,16-18H2,1-2H3,(H2,24,26,27). The zero-order valence-electron chi connectivity index (χ0n) is 17.5. The molecule has 0 amide bonds. The molecule has 0 saturated heterocycles. The van der Waals surface area contributed by atoms with Gasteiger partial charge < -0.3 is 20.1 Å². The van der Waals surface area contributed by atoms with Crippen molar-refractivity contribution >= 4 is 5.96 Å². The number of nitrogens with zero attached hydrogens (tertiary/aromatic N) is 2. The fourth-order valence-corrected chi connectivity index (χ4v) is 3.57. The predicted octanol–water partition coefficient (Wildman–Crippen LogP) is 3.53. The van der Waals surface area contributed by atoms with E-state index >= 15 is 0 Å². The maximum absolute atomic E-state index is 5.87. The Morgan fingerprint density at radius 2 is 2.07 bits per heavy atom. The molecule has 0 spiro atoms. The fraction of sp³-hybridized carbons (Fsp3) is 0.478. The third-order valence-electron chi connectivity index (χ3n) is 5.58. The van der Waals surface area contributed by atoms with E-state index in [1.807, 2.05) is 37.4 Å². The molecule has 1 fully saturated rings. The molecule has 1 aliphatic carbocycles. The summed E-state index contributed by atoms with van der Waals surface area (Å²) in [4.78, 5) is 8.66. The second-order valence-corrected chi connectivity index (χ2v) is 7.63. The van der Waals surface area contributed by atoms with Crippen molar-refractivity contribution in [3.8, 4) is 5.75 Å². The number of rotatable bonds is 10. The minimum atomic E-state index is 0.354. The van der Waals surface area contributed by atoms with E-state index < -0.39 is 0 Å². The Morgan fingerprint density at radius 1 is 1.17 bits per heavy atom. The Morgan fingerprint density at radius 3 is 2.76 bits per heavy atom. The summed E-state index contributed by atoms with van der Waals surface area (Å²) < 4.78 is 11.2. The molecule has 156 valence electrons. The van der Waals surface area contributed by atoms with Crippen molar-refractivity contribution in [2.45, 2.75) is 38.8 Å². The number of ether oxygens (including phenoxy) is 2. The summed E-state index contributed by atoms with van der Waals surface area (Å²) >= 11 is 0.